The highest BCUT2D eigenvalue weighted by molar-refractivity contribution is 5.94. The van der Waals surface area contributed by atoms with Gasteiger partial charge in [0.15, 0.2) is 5.82 Å². The molecule has 1 unspecified atom stereocenters. The van der Waals surface area contributed by atoms with E-state index in [1.54, 1.807) is 0 Å². The summed E-state index contributed by atoms with van der Waals surface area (Å²) in [5.41, 5.74) is -0.113. The van der Waals surface area contributed by atoms with Crippen LogP contribution in [-0.2, 0) is 14.9 Å². The third kappa shape index (κ3) is 4.16. The third-order valence-corrected chi connectivity index (χ3v) is 5.00. The summed E-state index contributed by atoms with van der Waals surface area (Å²) < 4.78 is 10.8. The molecular formula is C18H29N3O3. The molecule has 6 nitrogen and oxygen atoms in total. The van der Waals surface area contributed by atoms with Gasteiger partial charge in [0.2, 0.25) is 5.91 Å². The fourth-order valence-electron chi connectivity index (χ4n) is 3.50. The predicted molar refractivity (Wildman–Crippen MR) is 92.0 cm³/mol. The molecule has 134 valence electrons. The molecule has 0 aromatic carbocycles. The Morgan fingerprint density at radius 2 is 2.08 bits per heavy atom. The molecule has 24 heavy (non-hydrogen) atoms. The van der Waals surface area contributed by atoms with Gasteiger partial charge in [-0.1, -0.05) is 25.9 Å². The highest BCUT2D eigenvalue weighted by atomic mass is 16.5. The molecule has 0 saturated carbocycles. The molecule has 1 N–H and O–H groups in total. The first-order valence-electron chi connectivity index (χ1n) is 9.03. The molecule has 0 aliphatic carbocycles. The smallest absolute Gasteiger partial charge is 0.242 e. The molecule has 2 aliphatic heterocycles. The van der Waals surface area contributed by atoms with Gasteiger partial charge in [-0.2, -0.15) is 0 Å². The topological polar surface area (TPSA) is 67.6 Å². The maximum absolute atomic E-state index is 12.7. The van der Waals surface area contributed by atoms with Crippen LogP contribution in [0.1, 0.15) is 52.2 Å². The highest BCUT2D eigenvalue weighted by Gasteiger charge is 2.33. The van der Waals surface area contributed by atoms with Gasteiger partial charge in [0.05, 0.1) is 6.04 Å². The molecule has 0 bridgehead atoms. The first-order valence-corrected chi connectivity index (χ1v) is 9.03. The van der Waals surface area contributed by atoms with E-state index in [0.717, 1.165) is 57.7 Å². The zero-order valence-corrected chi connectivity index (χ0v) is 15.0. The average Bonchev–Trinajstić information content (AvgIpc) is 3.17. The van der Waals surface area contributed by atoms with Crippen molar-refractivity contribution >= 4 is 11.7 Å². The number of ether oxygens (including phenoxy) is 1. The number of nitrogens with zero attached hydrogens (tertiary/aromatic N) is 2. The summed E-state index contributed by atoms with van der Waals surface area (Å²) in [5, 5.41) is 6.93. The Kier molecular flexibility index (Phi) is 5.25. The molecule has 1 aromatic heterocycles. The Labute approximate surface area is 143 Å². The molecule has 0 spiro atoms. The normalized spacial score (nSPS) is 23.5. The second-order valence-corrected chi connectivity index (χ2v) is 8.02. The first kappa shape index (κ1) is 17.4. The van der Waals surface area contributed by atoms with Crippen molar-refractivity contribution in [3.05, 3.63) is 11.8 Å². The summed E-state index contributed by atoms with van der Waals surface area (Å²) >= 11 is 0. The van der Waals surface area contributed by atoms with Gasteiger partial charge in [-0.3, -0.25) is 9.69 Å². The van der Waals surface area contributed by atoms with Crippen molar-refractivity contribution in [3.8, 4) is 0 Å². The number of hydrogen-bond acceptors (Lipinski definition) is 5. The average molecular weight is 335 g/mol. The lowest BCUT2D eigenvalue weighted by Gasteiger charge is -2.30. The number of aromatic nitrogens is 1. The summed E-state index contributed by atoms with van der Waals surface area (Å²) in [7, 11) is 0. The van der Waals surface area contributed by atoms with E-state index in [4.69, 9.17) is 9.26 Å². The van der Waals surface area contributed by atoms with Crippen LogP contribution < -0.4 is 5.32 Å². The number of anilines is 1. The van der Waals surface area contributed by atoms with Gasteiger partial charge in [-0.05, 0) is 38.1 Å². The summed E-state index contributed by atoms with van der Waals surface area (Å²) in [4.78, 5) is 15.0. The third-order valence-electron chi connectivity index (χ3n) is 5.00. The van der Waals surface area contributed by atoms with Gasteiger partial charge < -0.3 is 14.6 Å². The molecule has 1 atom stereocenters. The lowest BCUT2D eigenvalue weighted by Crippen LogP contribution is -2.42. The molecule has 3 rings (SSSR count). The molecular weight excluding hydrogens is 306 g/mol. The Balaban J connectivity index is 1.58. The van der Waals surface area contributed by atoms with E-state index in [0.29, 0.717) is 11.7 Å². The van der Waals surface area contributed by atoms with Crippen molar-refractivity contribution in [3.63, 3.8) is 0 Å². The van der Waals surface area contributed by atoms with Crippen LogP contribution in [0.15, 0.2) is 10.6 Å². The van der Waals surface area contributed by atoms with Crippen LogP contribution in [0, 0.1) is 5.92 Å². The minimum absolute atomic E-state index is 0.0355. The fourth-order valence-corrected chi connectivity index (χ4v) is 3.50. The van der Waals surface area contributed by atoms with Crippen molar-refractivity contribution in [1.82, 2.24) is 10.1 Å². The predicted octanol–water partition coefficient (Wildman–Crippen LogP) is 2.80. The summed E-state index contributed by atoms with van der Waals surface area (Å²) in [6, 6.07) is 1.78. The van der Waals surface area contributed by atoms with Crippen molar-refractivity contribution in [2.24, 2.45) is 5.92 Å². The van der Waals surface area contributed by atoms with Crippen LogP contribution in [0.4, 0.5) is 5.82 Å². The van der Waals surface area contributed by atoms with Crippen molar-refractivity contribution in [2.75, 3.05) is 31.6 Å². The number of carbonyl (C=O) groups is 1. The zero-order valence-electron chi connectivity index (χ0n) is 15.0. The summed E-state index contributed by atoms with van der Waals surface area (Å²) in [6.07, 6.45) is 4.19. The zero-order chi connectivity index (χ0) is 17.2. The van der Waals surface area contributed by atoms with E-state index in [2.05, 4.69) is 36.1 Å². The van der Waals surface area contributed by atoms with Gasteiger partial charge >= 0.3 is 0 Å². The maximum atomic E-state index is 12.7. The molecule has 1 aromatic rings. The largest absolute Gasteiger partial charge is 0.381 e. The van der Waals surface area contributed by atoms with Gasteiger partial charge in [0.1, 0.15) is 5.76 Å². The SMILES string of the molecule is CC(C)(C)c1cc(NC(=O)C2CCCN2CC2CCOCC2)no1. The van der Waals surface area contributed by atoms with E-state index >= 15 is 0 Å². The Bertz CT molecular complexity index is 558. The number of nitrogens with one attached hydrogen (secondary N) is 1. The van der Waals surface area contributed by atoms with E-state index in [-0.39, 0.29) is 17.4 Å². The Hall–Kier alpha value is -1.40. The summed E-state index contributed by atoms with van der Waals surface area (Å²) in [5.74, 6) is 1.98. The highest BCUT2D eigenvalue weighted by Crippen LogP contribution is 2.26. The van der Waals surface area contributed by atoms with E-state index in [9.17, 15) is 4.79 Å². The summed E-state index contributed by atoms with van der Waals surface area (Å²) in [6.45, 7) is 9.88. The van der Waals surface area contributed by atoms with Crippen LogP contribution in [0.3, 0.4) is 0 Å². The van der Waals surface area contributed by atoms with Gasteiger partial charge in [-0.25, -0.2) is 0 Å². The van der Waals surface area contributed by atoms with Gasteiger partial charge in [0, 0.05) is 31.2 Å². The fraction of sp³-hybridized carbons (Fsp3) is 0.778. The second kappa shape index (κ2) is 7.23. The molecule has 2 saturated heterocycles. The number of amides is 1. The monoisotopic (exact) mass is 335 g/mol. The van der Waals surface area contributed by atoms with E-state index in [1.807, 2.05) is 6.07 Å². The standard InChI is InChI=1S/C18H29N3O3/c1-18(2,3)15-11-16(20-24-15)19-17(22)14-5-4-8-21(14)12-13-6-9-23-10-7-13/h11,13-14H,4-10,12H2,1-3H3,(H,19,20,22). The van der Waals surface area contributed by atoms with Crippen LogP contribution in [0.2, 0.25) is 0 Å². The number of hydrogen-bond donors (Lipinski definition) is 1. The van der Waals surface area contributed by atoms with Crippen LogP contribution >= 0.6 is 0 Å². The first-order chi connectivity index (χ1) is 11.4. The number of rotatable bonds is 4. The van der Waals surface area contributed by atoms with E-state index < -0.39 is 0 Å². The Morgan fingerprint density at radius 1 is 1.33 bits per heavy atom. The molecule has 2 aliphatic rings. The lowest BCUT2D eigenvalue weighted by atomic mass is 9.93. The quantitative estimate of drug-likeness (QED) is 0.916. The molecule has 0 radical (unpaired) electrons. The Morgan fingerprint density at radius 3 is 2.75 bits per heavy atom. The van der Waals surface area contributed by atoms with Crippen molar-refractivity contribution < 1.29 is 14.1 Å². The minimum Gasteiger partial charge on any atom is -0.381 e. The minimum atomic E-state index is -0.113. The van der Waals surface area contributed by atoms with Crippen LogP contribution in [0.5, 0.6) is 0 Å². The maximum Gasteiger partial charge on any atom is 0.242 e. The lowest BCUT2D eigenvalue weighted by molar-refractivity contribution is -0.120. The van der Waals surface area contributed by atoms with Crippen LogP contribution in [0.25, 0.3) is 0 Å². The number of carbonyl (C=O) groups excluding carboxylic acids is 1. The number of likely N-dealkylation sites (tertiary alicyclic amines) is 1. The molecule has 1 amide bonds. The van der Waals surface area contributed by atoms with Crippen molar-refractivity contribution in [1.29, 1.82) is 0 Å². The molecule has 6 heteroatoms. The van der Waals surface area contributed by atoms with E-state index in [1.165, 1.54) is 0 Å². The van der Waals surface area contributed by atoms with Gasteiger partial charge in [0.25, 0.3) is 0 Å². The van der Waals surface area contributed by atoms with Crippen LogP contribution in [-0.4, -0.2) is 48.3 Å². The second-order valence-electron chi connectivity index (χ2n) is 8.02. The van der Waals surface area contributed by atoms with Gasteiger partial charge in [-0.15, -0.1) is 0 Å². The van der Waals surface area contributed by atoms with Crippen molar-refractivity contribution in [2.45, 2.75) is 57.9 Å². The molecule has 2 fully saturated rings. The molecule has 3 heterocycles.